The van der Waals surface area contributed by atoms with Crippen molar-refractivity contribution in [3.05, 3.63) is 66.9 Å². The van der Waals surface area contributed by atoms with Gasteiger partial charge in [0.05, 0.1) is 12.0 Å². The summed E-state index contributed by atoms with van der Waals surface area (Å²) in [4.78, 5) is 51.3. The number of aryl methyl sites for hydroxylation is 3. The first kappa shape index (κ1) is 23.4. The molecule has 0 unspecified atom stereocenters. The highest BCUT2D eigenvalue weighted by Crippen LogP contribution is 2.29. The fraction of sp³-hybridized carbons (Fsp3) is 0.364. The fourth-order valence-electron chi connectivity index (χ4n) is 3.42. The molecule has 0 amide bonds. The first-order chi connectivity index (χ1) is 15.0. The first-order valence-corrected chi connectivity index (χ1v) is 10.8. The first-order valence-electron chi connectivity index (χ1n) is 9.95. The molecule has 0 saturated heterocycles. The van der Waals surface area contributed by atoms with Gasteiger partial charge in [-0.3, -0.25) is 9.36 Å². The molecule has 32 heavy (non-hydrogen) atoms. The number of fused-ring (bicyclic) bond motifs is 1. The molecule has 0 aliphatic rings. The van der Waals surface area contributed by atoms with E-state index in [1.807, 2.05) is 0 Å². The maximum absolute atomic E-state index is 13.3. The third-order valence-electron chi connectivity index (χ3n) is 5.29. The van der Waals surface area contributed by atoms with Crippen LogP contribution in [0.5, 0.6) is 0 Å². The molecule has 8 nitrogen and oxygen atoms in total. The van der Waals surface area contributed by atoms with Crippen LogP contribution in [0.25, 0.3) is 10.2 Å². The van der Waals surface area contributed by atoms with E-state index in [-0.39, 0.29) is 28.2 Å². The van der Waals surface area contributed by atoms with Gasteiger partial charge >= 0.3 is 17.6 Å². The van der Waals surface area contributed by atoms with Crippen LogP contribution in [0.1, 0.15) is 41.6 Å². The molecule has 0 fully saturated rings. The SMILES string of the molecule is CCOC(=O)c1sc2c(c1C)c(=O)n(C(C)(C)C(=O)O)c(=O)n2CCc1ccc(F)cc1. The summed E-state index contributed by atoms with van der Waals surface area (Å²) in [5.74, 6) is -2.36. The van der Waals surface area contributed by atoms with Gasteiger partial charge in [0, 0.05) is 6.54 Å². The second-order valence-corrected chi connectivity index (χ2v) is 8.77. The molecule has 1 aromatic carbocycles. The Morgan fingerprint density at radius 1 is 1.19 bits per heavy atom. The lowest BCUT2D eigenvalue weighted by Crippen LogP contribution is -2.52. The number of aliphatic carboxylic acids is 1. The highest BCUT2D eigenvalue weighted by Gasteiger charge is 2.35. The minimum atomic E-state index is -1.82. The van der Waals surface area contributed by atoms with Gasteiger partial charge in [-0.1, -0.05) is 12.1 Å². The molecule has 1 N–H and O–H groups in total. The standard InChI is InChI=1S/C22H23FN2O6S/c1-5-31-19(27)16-12(2)15-17(26)25(22(3,4)20(28)29)21(30)24(18(15)32-16)11-10-13-6-8-14(23)9-7-13/h6-9H,5,10-11H2,1-4H3,(H,28,29). The summed E-state index contributed by atoms with van der Waals surface area (Å²) in [7, 11) is 0. The number of ether oxygens (including phenoxy) is 1. The largest absolute Gasteiger partial charge is 0.480 e. The van der Waals surface area contributed by atoms with Crippen LogP contribution in [-0.4, -0.2) is 32.8 Å². The number of thiophene rings is 1. The second kappa shape index (κ2) is 8.70. The number of aromatic nitrogens is 2. The number of esters is 1. The number of nitrogens with zero attached hydrogens (tertiary/aromatic N) is 2. The van der Waals surface area contributed by atoms with Crippen LogP contribution in [0.3, 0.4) is 0 Å². The lowest BCUT2D eigenvalue weighted by molar-refractivity contribution is -0.146. The molecule has 0 radical (unpaired) electrons. The number of hydrogen-bond acceptors (Lipinski definition) is 6. The molecule has 0 saturated carbocycles. The average Bonchev–Trinajstić information content (AvgIpc) is 3.06. The molecule has 0 bridgehead atoms. The van der Waals surface area contributed by atoms with E-state index in [2.05, 4.69) is 0 Å². The van der Waals surface area contributed by atoms with Crippen molar-refractivity contribution in [2.75, 3.05) is 6.61 Å². The van der Waals surface area contributed by atoms with E-state index >= 15 is 0 Å². The van der Waals surface area contributed by atoms with E-state index in [9.17, 15) is 28.7 Å². The van der Waals surface area contributed by atoms with Crippen molar-refractivity contribution in [2.24, 2.45) is 0 Å². The zero-order chi connectivity index (χ0) is 23.8. The number of halogens is 1. The molecule has 0 aliphatic heterocycles. The summed E-state index contributed by atoms with van der Waals surface area (Å²) in [6.45, 7) is 5.99. The van der Waals surface area contributed by atoms with Crippen LogP contribution >= 0.6 is 11.3 Å². The fourth-order valence-corrected chi connectivity index (χ4v) is 4.63. The molecule has 2 aromatic heterocycles. The van der Waals surface area contributed by atoms with Crippen LogP contribution in [0, 0.1) is 12.7 Å². The Morgan fingerprint density at radius 2 is 1.81 bits per heavy atom. The monoisotopic (exact) mass is 462 g/mol. The molecule has 2 heterocycles. The van der Waals surface area contributed by atoms with Crippen molar-refractivity contribution >= 4 is 33.5 Å². The lowest BCUT2D eigenvalue weighted by Gasteiger charge is -2.23. The smallest absolute Gasteiger partial charge is 0.348 e. The van der Waals surface area contributed by atoms with Gasteiger partial charge in [-0.05, 0) is 57.4 Å². The predicted molar refractivity (Wildman–Crippen MR) is 118 cm³/mol. The number of rotatable bonds is 7. The Balaban J connectivity index is 2.29. The third-order valence-corrected chi connectivity index (χ3v) is 6.59. The number of benzene rings is 1. The van der Waals surface area contributed by atoms with E-state index in [1.165, 1.54) is 30.5 Å². The maximum atomic E-state index is 13.3. The van der Waals surface area contributed by atoms with Crippen molar-refractivity contribution < 1.29 is 23.8 Å². The molecular weight excluding hydrogens is 439 g/mol. The molecule has 3 rings (SSSR count). The average molecular weight is 462 g/mol. The van der Waals surface area contributed by atoms with E-state index in [4.69, 9.17) is 4.74 Å². The molecule has 170 valence electrons. The van der Waals surface area contributed by atoms with Crippen LogP contribution in [0.2, 0.25) is 0 Å². The number of hydrogen-bond donors (Lipinski definition) is 1. The van der Waals surface area contributed by atoms with Gasteiger partial charge in [0.15, 0.2) is 0 Å². The Kier molecular flexibility index (Phi) is 6.36. The Morgan fingerprint density at radius 3 is 2.38 bits per heavy atom. The number of carbonyl (C=O) groups is 2. The van der Waals surface area contributed by atoms with Gasteiger partial charge in [0.25, 0.3) is 5.56 Å². The Hall–Kier alpha value is -3.27. The van der Waals surface area contributed by atoms with Crippen molar-refractivity contribution in [1.29, 1.82) is 0 Å². The Bertz CT molecular complexity index is 1320. The summed E-state index contributed by atoms with van der Waals surface area (Å²) in [5.41, 5.74) is -2.31. The lowest BCUT2D eigenvalue weighted by atomic mass is 10.1. The van der Waals surface area contributed by atoms with Crippen molar-refractivity contribution in [2.45, 2.75) is 46.2 Å². The number of carboxylic acids is 1. The summed E-state index contributed by atoms with van der Waals surface area (Å²) < 4.78 is 20.3. The number of carbonyl (C=O) groups excluding carboxylic acids is 1. The quantitative estimate of drug-likeness (QED) is 0.541. The zero-order valence-corrected chi connectivity index (χ0v) is 18.9. The van der Waals surface area contributed by atoms with Crippen LogP contribution in [0.4, 0.5) is 4.39 Å². The van der Waals surface area contributed by atoms with Crippen LogP contribution in [0.15, 0.2) is 33.9 Å². The summed E-state index contributed by atoms with van der Waals surface area (Å²) in [6.07, 6.45) is 0.326. The molecule has 0 aliphatic carbocycles. The summed E-state index contributed by atoms with van der Waals surface area (Å²) in [5, 5.41) is 9.76. The van der Waals surface area contributed by atoms with Gasteiger partial charge in [-0.25, -0.2) is 23.3 Å². The van der Waals surface area contributed by atoms with Crippen LogP contribution in [-0.2, 0) is 28.0 Å². The van der Waals surface area contributed by atoms with Gasteiger partial charge < -0.3 is 9.84 Å². The van der Waals surface area contributed by atoms with E-state index in [1.54, 1.807) is 26.0 Å². The van der Waals surface area contributed by atoms with Crippen molar-refractivity contribution in [3.8, 4) is 0 Å². The van der Waals surface area contributed by atoms with Crippen molar-refractivity contribution in [1.82, 2.24) is 9.13 Å². The maximum Gasteiger partial charge on any atom is 0.348 e. The Labute approximate surface area is 186 Å². The minimum absolute atomic E-state index is 0.0964. The predicted octanol–water partition coefficient (Wildman–Crippen LogP) is 2.91. The van der Waals surface area contributed by atoms with E-state index in [0.717, 1.165) is 16.9 Å². The topological polar surface area (TPSA) is 108 Å². The van der Waals surface area contributed by atoms with E-state index < -0.39 is 34.5 Å². The van der Waals surface area contributed by atoms with Gasteiger partial charge in [-0.15, -0.1) is 11.3 Å². The second-order valence-electron chi connectivity index (χ2n) is 7.77. The zero-order valence-electron chi connectivity index (χ0n) is 18.1. The molecule has 0 atom stereocenters. The molecule has 0 spiro atoms. The van der Waals surface area contributed by atoms with Gasteiger partial charge in [0.1, 0.15) is 21.1 Å². The minimum Gasteiger partial charge on any atom is -0.480 e. The van der Waals surface area contributed by atoms with Gasteiger partial charge in [-0.2, -0.15) is 0 Å². The summed E-state index contributed by atoms with van der Waals surface area (Å²) in [6, 6.07) is 5.77. The molecular formula is C22H23FN2O6S. The highest BCUT2D eigenvalue weighted by molar-refractivity contribution is 7.20. The normalized spacial score (nSPS) is 11.7. The summed E-state index contributed by atoms with van der Waals surface area (Å²) >= 11 is 0.960. The van der Waals surface area contributed by atoms with Crippen molar-refractivity contribution in [3.63, 3.8) is 0 Å². The molecule has 3 aromatic rings. The third kappa shape index (κ3) is 3.97. The number of carboxylic acid groups (broad SMARTS) is 1. The van der Waals surface area contributed by atoms with Gasteiger partial charge in [0.2, 0.25) is 0 Å². The van der Waals surface area contributed by atoms with Crippen LogP contribution < -0.4 is 11.2 Å². The van der Waals surface area contributed by atoms with E-state index in [0.29, 0.717) is 16.6 Å². The highest BCUT2D eigenvalue weighted by atomic mass is 32.1. The molecule has 10 heteroatoms.